The third-order valence-corrected chi connectivity index (χ3v) is 7.26. The van der Waals surface area contributed by atoms with Gasteiger partial charge in [0.05, 0.1) is 35.1 Å². The van der Waals surface area contributed by atoms with E-state index in [0.717, 1.165) is 55.7 Å². The number of H-pyrrole nitrogens is 1. The van der Waals surface area contributed by atoms with Gasteiger partial charge < -0.3 is 25.3 Å². The number of anilines is 2. The highest BCUT2D eigenvalue weighted by atomic mass is 35.5. The van der Waals surface area contributed by atoms with Gasteiger partial charge in [-0.05, 0) is 42.7 Å². The van der Waals surface area contributed by atoms with Crippen molar-refractivity contribution in [2.45, 2.75) is 18.9 Å². The quantitative estimate of drug-likeness (QED) is 0.304. The lowest BCUT2D eigenvalue weighted by atomic mass is 9.97. The summed E-state index contributed by atoms with van der Waals surface area (Å²) in [4.78, 5) is 33.3. The van der Waals surface area contributed by atoms with Crippen LogP contribution in [0.5, 0.6) is 0 Å². The number of aromatic amines is 1. The van der Waals surface area contributed by atoms with Crippen molar-refractivity contribution >= 4 is 51.3 Å². The Bertz CT molecular complexity index is 1490. The Hall–Kier alpha value is -3.79. The van der Waals surface area contributed by atoms with Gasteiger partial charge >= 0.3 is 0 Å². The fourth-order valence-corrected chi connectivity index (χ4v) is 5.27. The van der Waals surface area contributed by atoms with E-state index in [1.807, 2.05) is 42.5 Å². The van der Waals surface area contributed by atoms with Crippen molar-refractivity contribution in [3.8, 4) is 0 Å². The fourth-order valence-electron chi connectivity index (χ4n) is 5.08. The normalized spacial score (nSPS) is 17.5. The lowest BCUT2D eigenvalue weighted by molar-refractivity contribution is -0.110. The van der Waals surface area contributed by atoms with E-state index in [0.29, 0.717) is 39.3 Å². The lowest BCUT2D eigenvalue weighted by Gasteiger charge is -2.32. The molecule has 1 saturated heterocycles. The van der Waals surface area contributed by atoms with E-state index in [2.05, 4.69) is 25.5 Å². The van der Waals surface area contributed by atoms with Gasteiger partial charge in [0, 0.05) is 43.4 Å². The summed E-state index contributed by atoms with van der Waals surface area (Å²) in [6, 6.07) is 15.4. The van der Waals surface area contributed by atoms with E-state index in [-0.39, 0.29) is 11.9 Å². The summed E-state index contributed by atoms with van der Waals surface area (Å²) in [5, 5.41) is 6.98. The molecule has 194 valence electrons. The Balaban J connectivity index is 1.38. The van der Waals surface area contributed by atoms with Gasteiger partial charge in [-0.3, -0.25) is 4.79 Å². The third kappa shape index (κ3) is 4.88. The molecule has 0 spiro atoms. The summed E-state index contributed by atoms with van der Waals surface area (Å²) in [5.74, 6) is 0.819. The second-order valence-corrected chi connectivity index (χ2v) is 9.96. The number of rotatable bonds is 7. The largest absolute Gasteiger partial charge is 0.383 e. The van der Waals surface area contributed by atoms with E-state index in [1.54, 1.807) is 19.4 Å². The molecule has 2 aromatic heterocycles. The van der Waals surface area contributed by atoms with Crippen LogP contribution in [0, 0.1) is 0 Å². The van der Waals surface area contributed by atoms with Gasteiger partial charge in [-0.15, -0.1) is 0 Å². The van der Waals surface area contributed by atoms with Crippen LogP contribution in [0.2, 0.25) is 5.02 Å². The zero-order valence-electron chi connectivity index (χ0n) is 21.0. The molecule has 0 saturated carbocycles. The zero-order valence-corrected chi connectivity index (χ0v) is 21.8. The zero-order chi connectivity index (χ0) is 26.1. The summed E-state index contributed by atoms with van der Waals surface area (Å²) >= 11 is 6.37. The average Bonchev–Trinajstić information content (AvgIpc) is 3.49. The molecule has 0 unspecified atom stereocenters. The Kier molecular flexibility index (Phi) is 6.80. The van der Waals surface area contributed by atoms with Crippen LogP contribution in [0.3, 0.4) is 0 Å². The molecule has 10 heteroatoms. The number of piperidine rings is 1. The van der Waals surface area contributed by atoms with Crippen LogP contribution >= 0.6 is 11.6 Å². The molecule has 0 aliphatic carbocycles. The van der Waals surface area contributed by atoms with Gasteiger partial charge in [0.1, 0.15) is 11.5 Å². The molecule has 2 aliphatic heterocycles. The smallest absolute Gasteiger partial charge is 0.258 e. The number of halogens is 1. The highest BCUT2D eigenvalue weighted by Crippen LogP contribution is 2.39. The minimum absolute atomic E-state index is 0.256. The van der Waals surface area contributed by atoms with Crippen molar-refractivity contribution in [3.05, 3.63) is 76.8 Å². The average molecular weight is 530 g/mol. The van der Waals surface area contributed by atoms with Crippen LogP contribution in [-0.4, -0.2) is 70.1 Å². The standard InChI is InChI=1S/C28H28ClN7O2/c1-38-14-13-36-11-9-19(10-12-36)31-28-30-16-22-25(35-28)24(27(37)34-22)23(17-5-4-6-18(29)15-17)26-32-20-7-2-3-8-21(20)33-26/h2-8,15-16,19H,9-14H2,1H3,(H,32,33)(H,34,37)(H,30,31,35). The van der Waals surface area contributed by atoms with Gasteiger partial charge in [0.15, 0.2) is 0 Å². The van der Waals surface area contributed by atoms with E-state index < -0.39 is 0 Å². The second kappa shape index (κ2) is 10.5. The number of nitrogens with one attached hydrogen (secondary N) is 3. The van der Waals surface area contributed by atoms with Crippen LogP contribution in [0.25, 0.3) is 22.2 Å². The number of benzene rings is 2. The van der Waals surface area contributed by atoms with Crippen molar-refractivity contribution in [2.75, 3.05) is 44.0 Å². The number of carbonyl (C=O) groups excluding carboxylic acids is 1. The van der Waals surface area contributed by atoms with Gasteiger partial charge in [-0.1, -0.05) is 35.9 Å². The molecular weight excluding hydrogens is 502 g/mol. The van der Waals surface area contributed by atoms with Gasteiger partial charge in [-0.25, -0.2) is 15.0 Å². The molecule has 4 aromatic rings. The molecule has 0 radical (unpaired) electrons. The summed E-state index contributed by atoms with van der Waals surface area (Å²) in [6.45, 7) is 3.65. The number of aromatic nitrogens is 4. The Morgan fingerprint density at radius 1 is 1.16 bits per heavy atom. The SMILES string of the molecule is COCCN1CCC(Nc2ncc3c(n2)C(=C(c2cccc(Cl)c2)c2nc4ccccc4[nH]2)C(=O)N3)CC1. The summed E-state index contributed by atoms with van der Waals surface area (Å²) in [7, 11) is 1.73. The minimum atomic E-state index is -0.256. The first-order valence-corrected chi connectivity index (χ1v) is 13.1. The number of nitrogens with zero attached hydrogens (tertiary/aromatic N) is 4. The molecule has 9 nitrogen and oxygen atoms in total. The number of para-hydroxylation sites is 2. The van der Waals surface area contributed by atoms with Gasteiger partial charge in [0.25, 0.3) is 5.91 Å². The molecule has 4 heterocycles. The first kappa shape index (κ1) is 24.5. The topological polar surface area (TPSA) is 108 Å². The second-order valence-electron chi connectivity index (χ2n) is 9.53. The van der Waals surface area contributed by atoms with E-state index in [9.17, 15) is 4.79 Å². The van der Waals surface area contributed by atoms with Crippen LogP contribution in [-0.2, 0) is 9.53 Å². The summed E-state index contributed by atoms with van der Waals surface area (Å²) < 4.78 is 5.21. The number of hydrogen-bond acceptors (Lipinski definition) is 7. The monoisotopic (exact) mass is 529 g/mol. The first-order chi connectivity index (χ1) is 18.6. The van der Waals surface area contributed by atoms with Crippen LogP contribution < -0.4 is 10.6 Å². The van der Waals surface area contributed by atoms with E-state index >= 15 is 0 Å². The predicted molar refractivity (Wildman–Crippen MR) is 149 cm³/mol. The molecule has 0 atom stereocenters. The summed E-state index contributed by atoms with van der Waals surface area (Å²) in [6.07, 6.45) is 3.63. The highest BCUT2D eigenvalue weighted by Gasteiger charge is 2.32. The molecular formula is C28H28ClN7O2. The van der Waals surface area contributed by atoms with Crippen LogP contribution in [0.4, 0.5) is 11.6 Å². The van der Waals surface area contributed by atoms with Gasteiger partial charge in [-0.2, -0.15) is 0 Å². The molecule has 38 heavy (non-hydrogen) atoms. The van der Waals surface area contributed by atoms with Crippen molar-refractivity contribution in [2.24, 2.45) is 0 Å². The van der Waals surface area contributed by atoms with Crippen molar-refractivity contribution in [1.29, 1.82) is 0 Å². The highest BCUT2D eigenvalue weighted by molar-refractivity contribution is 6.37. The van der Waals surface area contributed by atoms with E-state index in [4.69, 9.17) is 26.3 Å². The first-order valence-electron chi connectivity index (χ1n) is 12.7. The number of methoxy groups -OCH3 is 1. The molecule has 6 rings (SSSR count). The van der Waals surface area contributed by atoms with Crippen LogP contribution in [0.15, 0.2) is 54.7 Å². The Morgan fingerprint density at radius 2 is 2.00 bits per heavy atom. The molecule has 1 amide bonds. The Morgan fingerprint density at radius 3 is 2.79 bits per heavy atom. The van der Waals surface area contributed by atoms with Crippen molar-refractivity contribution in [3.63, 3.8) is 0 Å². The maximum Gasteiger partial charge on any atom is 0.258 e. The number of amides is 1. The molecule has 0 bridgehead atoms. The number of likely N-dealkylation sites (tertiary alicyclic amines) is 1. The number of fused-ring (bicyclic) bond motifs is 2. The predicted octanol–water partition coefficient (Wildman–Crippen LogP) is 4.44. The maximum atomic E-state index is 13.4. The third-order valence-electron chi connectivity index (χ3n) is 7.02. The number of carbonyl (C=O) groups is 1. The summed E-state index contributed by atoms with van der Waals surface area (Å²) in [5.41, 5.74) is 4.63. The number of hydrogen-bond donors (Lipinski definition) is 3. The maximum absolute atomic E-state index is 13.4. The molecule has 1 fully saturated rings. The number of ether oxygens (including phenoxy) is 1. The van der Waals surface area contributed by atoms with Crippen LogP contribution in [0.1, 0.15) is 29.9 Å². The number of imidazole rings is 1. The van der Waals surface area contributed by atoms with Crippen molar-refractivity contribution in [1.82, 2.24) is 24.8 Å². The molecule has 2 aromatic carbocycles. The molecule has 3 N–H and O–H groups in total. The van der Waals surface area contributed by atoms with Crippen molar-refractivity contribution < 1.29 is 9.53 Å². The molecule has 2 aliphatic rings. The van der Waals surface area contributed by atoms with E-state index in [1.165, 1.54) is 0 Å². The fraction of sp³-hybridized carbons (Fsp3) is 0.286. The minimum Gasteiger partial charge on any atom is -0.383 e. The Labute approximate surface area is 225 Å². The van der Waals surface area contributed by atoms with Gasteiger partial charge in [0.2, 0.25) is 5.95 Å². The lowest BCUT2D eigenvalue weighted by Crippen LogP contribution is -2.40.